The number of aliphatic hydroxyl groups is 2. The quantitative estimate of drug-likeness (QED) is 0.616. The average molecular weight is 176 g/mol. The monoisotopic (exact) mass is 176 g/mol. The Bertz CT molecular complexity index is 164. The van der Waals surface area contributed by atoms with Gasteiger partial charge in [0.15, 0.2) is 5.79 Å². The minimum Gasteiger partial charge on any atom is -0.393 e. The molecule has 72 valence electrons. The van der Waals surface area contributed by atoms with Gasteiger partial charge in [-0.3, -0.25) is 0 Å². The van der Waals surface area contributed by atoms with Crippen LogP contribution in [0.2, 0.25) is 0 Å². The van der Waals surface area contributed by atoms with Crippen LogP contribution in [0.4, 0.5) is 0 Å². The molecule has 0 unspecified atom stereocenters. The second-order valence-corrected chi connectivity index (χ2v) is 3.83. The SMILES string of the molecule is CC1(C)OC[C@@H]([C@](C)(O)CO)O1. The van der Waals surface area contributed by atoms with Gasteiger partial charge in [0.25, 0.3) is 0 Å². The van der Waals surface area contributed by atoms with E-state index in [1.807, 2.05) is 0 Å². The van der Waals surface area contributed by atoms with Crippen LogP contribution in [0.25, 0.3) is 0 Å². The van der Waals surface area contributed by atoms with Crippen molar-refractivity contribution in [3.05, 3.63) is 0 Å². The first-order valence-electron chi connectivity index (χ1n) is 4.02. The van der Waals surface area contributed by atoms with Crippen molar-refractivity contribution in [3.8, 4) is 0 Å². The van der Waals surface area contributed by atoms with Gasteiger partial charge in [-0.1, -0.05) is 0 Å². The zero-order valence-electron chi connectivity index (χ0n) is 7.70. The maximum atomic E-state index is 9.60. The first kappa shape index (κ1) is 9.92. The van der Waals surface area contributed by atoms with Crippen LogP contribution in [0.15, 0.2) is 0 Å². The third kappa shape index (κ3) is 1.95. The molecule has 0 radical (unpaired) electrons. The van der Waals surface area contributed by atoms with Gasteiger partial charge in [0.05, 0.1) is 13.2 Å². The van der Waals surface area contributed by atoms with Gasteiger partial charge in [-0.2, -0.15) is 0 Å². The number of ether oxygens (including phenoxy) is 2. The Balaban J connectivity index is 2.58. The summed E-state index contributed by atoms with van der Waals surface area (Å²) in [5.74, 6) is -0.649. The first-order chi connectivity index (χ1) is 5.37. The van der Waals surface area contributed by atoms with Crippen LogP contribution in [0.5, 0.6) is 0 Å². The van der Waals surface area contributed by atoms with E-state index in [-0.39, 0.29) is 6.61 Å². The highest BCUT2D eigenvalue weighted by Crippen LogP contribution is 2.28. The summed E-state index contributed by atoms with van der Waals surface area (Å²) in [5, 5.41) is 18.4. The first-order valence-corrected chi connectivity index (χ1v) is 4.02. The molecule has 0 saturated carbocycles. The van der Waals surface area contributed by atoms with Crippen LogP contribution in [0.3, 0.4) is 0 Å². The molecule has 2 atom stereocenters. The van der Waals surface area contributed by atoms with E-state index in [0.29, 0.717) is 6.61 Å². The molecule has 1 aliphatic heterocycles. The summed E-state index contributed by atoms with van der Waals surface area (Å²) in [6.07, 6.45) is -0.447. The molecule has 2 N–H and O–H groups in total. The molecule has 0 bridgehead atoms. The Hall–Kier alpha value is -0.160. The summed E-state index contributed by atoms with van der Waals surface area (Å²) in [4.78, 5) is 0. The molecule has 0 aliphatic carbocycles. The summed E-state index contributed by atoms with van der Waals surface area (Å²) >= 11 is 0. The van der Waals surface area contributed by atoms with Crippen molar-refractivity contribution in [1.29, 1.82) is 0 Å². The minimum absolute atomic E-state index is 0.320. The van der Waals surface area contributed by atoms with Crippen LogP contribution < -0.4 is 0 Å². The molecule has 4 nitrogen and oxygen atoms in total. The minimum atomic E-state index is -1.21. The number of rotatable bonds is 2. The van der Waals surface area contributed by atoms with E-state index in [2.05, 4.69) is 0 Å². The molecule has 0 spiro atoms. The normalized spacial score (nSPS) is 33.2. The Labute approximate surface area is 72.1 Å². The summed E-state index contributed by atoms with van der Waals surface area (Å²) in [6.45, 7) is 5.08. The molecule has 1 aliphatic rings. The molecule has 1 fully saturated rings. The molecule has 0 aromatic carbocycles. The van der Waals surface area contributed by atoms with Crippen LogP contribution in [-0.4, -0.2) is 40.9 Å². The lowest BCUT2D eigenvalue weighted by atomic mass is 10.0. The van der Waals surface area contributed by atoms with Gasteiger partial charge in [0.1, 0.15) is 11.7 Å². The zero-order chi connectivity index (χ0) is 9.41. The standard InChI is InChI=1S/C8H16O4/c1-7(2)11-4-6(12-7)8(3,10)5-9/h6,9-10H,4-5H2,1-3H3/t6-,8+/m0/s1. The van der Waals surface area contributed by atoms with E-state index in [1.165, 1.54) is 6.92 Å². The van der Waals surface area contributed by atoms with Gasteiger partial charge < -0.3 is 19.7 Å². The van der Waals surface area contributed by atoms with E-state index in [9.17, 15) is 5.11 Å². The Morgan fingerprint density at radius 2 is 2.17 bits per heavy atom. The fraction of sp³-hybridized carbons (Fsp3) is 1.00. The van der Waals surface area contributed by atoms with Crippen molar-refractivity contribution in [2.75, 3.05) is 13.2 Å². The highest BCUT2D eigenvalue weighted by molar-refractivity contribution is 4.87. The highest BCUT2D eigenvalue weighted by Gasteiger charge is 2.42. The van der Waals surface area contributed by atoms with Crippen molar-refractivity contribution in [3.63, 3.8) is 0 Å². The number of aliphatic hydroxyl groups excluding tert-OH is 1. The molecule has 0 aromatic heterocycles. The Kier molecular flexibility index (Phi) is 2.45. The fourth-order valence-electron chi connectivity index (χ4n) is 1.10. The lowest BCUT2D eigenvalue weighted by Crippen LogP contribution is -2.45. The summed E-state index contributed by atoms with van der Waals surface area (Å²) in [6, 6.07) is 0. The summed E-state index contributed by atoms with van der Waals surface area (Å²) < 4.78 is 10.6. The zero-order valence-corrected chi connectivity index (χ0v) is 7.70. The average Bonchev–Trinajstić information content (AvgIpc) is 2.31. The molecule has 4 heteroatoms. The van der Waals surface area contributed by atoms with Gasteiger partial charge in [-0.25, -0.2) is 0 Å². The maximum Gasteiger partial charge on any atom is 0.163 e. The van der Waals surface area contributed by atoms with Crippen molar-refractivity contribution >= 4 is 0 Å². The second-order valence-electron chi connectivity index (χ2n) is 3.83. The molecule has 0 aromatic rings. The van der Waals surface area contributed by atoms with Crippen LogP contribution in [0.1, 0.15) is 20.8 Å². The van der Waals surface area contributed by atoms with Crippen molar-refractivity contribution < 1.29 is 19.7 Å². The van der Waals surface area contributed by atoms with E-state index in [4.69, 9.17) is 14.6 Å². The Morgan fingerprint density at radius 1 is 1.58 bits per heavy atom. The van der Waals surface area contributed by atoms with Crippen LogP contribution in [0, 0.1) is 0 Å². The second kappa shape index (κ2) is 2.96. The molecular weight excluding hydrogens is 160 g/mol. The van der Waals surface area contributed by atoms with Gasteiger partial charge in [-0.05, 0) is 20.8 Å². The van der Waals surface area contributed by atoms with E-state index in [0.717, 1.165) is 0 Å². The molecular formula is C8H16O4. The van der Waals surface area contributed by atoms with Crippen molar-refractivity contribution in [2.24, 2.45) is 0 Å². The Morgan fingerprint density at radius 3 is 2.50 bits per heavy atom. The van der Waals surface area contributed by atoms with Gasteiger partial charge in [0, 0.05) is 0 Å². The molecule has 1 heterocycles. The lowest BCUT2D eigenvalue weighted by Gasteiger charge is -2.27. The molecule has 1 saturated heterocycles. The smallest absolute Gasteiger partial charge is 0.163 e. The largest absolute Gasteiger partial charge is 0.393 e. The molecule has 1 rings (SSSR count). The third-order valence-corrected chi connectivity index (χ3v) is 2.02. The van der Waals surface area contributed by atoms with E-state index >= 15 is 0 Å². The van der Waals surface area contributed by atoms with Crippen LogP contribution in [-0.2, 0) is 9.47 Å². The van der Waals surface area contributed by atoms with E-state index < -0.39 is 17.5 Å². The highest BCUT2D eigenvalue weighted by atomic mass is 16.7. The summed E-state index contributed by atoms with van der Waals surface area (Å²) in [5.41, 5.74) is -1.21. The molecule has 12 heavy (non-hydrogen) atoms. The fourth-order valence-corrected chi connectivity index (χ4v) is 1.10. The predicted molar refractivity (Wildman–Crippen MR) is 42.6 cm³/mol. The van der Waals surface area contributed by atoms with Gasteiger partial charge in [-0.15, -0.1) is 0 Å². The van der Waals surface area contributed by atoms with Crippen LogP contribution >= 0.6 is 0 Å². The van der Waals surface area contributed by atoms with Crippen molar-refractivity contribution in [1.82, 2.24) is 0 Å². The van der Waals surface area contributed by atoms with Gasteiger partial charge >= 0.3 is 0 Å². The lowest BCUT2D eigenvalue weighted by molar-refractivity contribution is -0.173. The number of hydrogen-bond donors (Lipinski definition) is 2. The van der Waals surface area contributed by atoms with Crippen molar-refractivity contribution in [2.45, 2.75) is 38.3 Å². The van der Waals surface area contributed by atoms with Gasteiger partial charge in [0.2, 0.25) is 0 Å². The summed E-state index contributed by atoms with van der Waals surface area (Å²) in [7, 11) is 0. The topological polar surface area (TPSA) is 58.9 Å². The maximum absolute atomic E-state index is 9.60. The molecule has 0 amide bonds. The number of hydrogen-bond acceptors (Lipinski definition) is 4. The predicted octanol–water partition coefficient (Wildman–Crippen LogP) is -0.119. The van der Waals surface area contributed by atoms with E-state index in [1.54, 1.807) is 13.8 Å². The third-order valence-electron chi connectivity index (χ3n) is 2.02.